The maximum atomic E-state index is 12.4. The Bertz CT molecular complexity index is 1100. The van der Waals surface area contributed by atoms with E-state index in [4.69, 9.17) is 21.4 Å². The number of amides is 1. The number of aryl methyl sites for hydroxylation is 1. The molecule has 3 aromatic rings. The Labute approximate surface area is 179 Å². The molecular weight excluding hydrogens is 402 g/mol. The van der Waals surface area contributed by atoms with E-state index in [0.29, 0.717) is 10.7 Å². The molecule has 1 unspecified atom stereocenters. The highest BCUT2D eigenvalue weighted by molar-refractivity contribution is 6.30. The molecule has 1 atom stereocenters. The van der Waals surface area contributed by atoms with Gasteiger partial charge in [0.25, 0.3) is 0 Å². The molecule has 0 bridgehead atoms. The van der Waals surface area contributed by atoms with Crippen molar-refractivity contribution in [1.29, 1.82) is 0 Å². The van der Waals surface area contributed by atoms with Crippen LogP contribution in [0.3, 0.4) is 0 Å². The maximum absolute atomic E-state index is 12.4. The summed E-state index contributed by atoms with van der Waals surface area (Å²) < 4.78 is 5.59. The molecule has 152 valence electrons. The number of carbonyl (C=O) groups excluding carboxylic acids is 1. The SMILES string of the molecule is Cc1ccc2c(c1)C(C)(COC(=O)Nc1ccc(C(=O)O)cc1)c1cc(Cl)ccc1-2. The minimum Gasteiger partial charge on any atom is -0.478 e. The lowest BCUT2D eigenvalue weighted by Gasteiger charge is -2.27. The fraction of sp³-hybridized carbons (Fsp3) is 0.167. The minimum absolute atomic E-state index is 0.135. The van der Waals surface area contributed by atoms with Gasteiger partial charge in [0, 0.05) is 10.7 Å². The number of carboxylic acid groups (broad SMARTS) is 1. The number of benzene rings is 3. The summed E-state index contributed by atoms with van der Waals surface area (Å²) in [5.41, 5.74) is 5.52. The maximum Gasteiger partial charge on any atom is 0.411 e. The van der Waals surface area contributed by atoms with Gasteiger partial charge in [0.15, 0.2) is 0 Å². The highest BCUT2D eigenvalue weighted by Gasteiger charge is 2.40. The summed E-state index contributed by atoms with van der Waals surface area (Å²) in [6.07, 6.45) is -0.607. The van der Waals surface area contributed by atoms with Crippen molar-refractivity contribution >= 4 is 29.4 Å². The van der Waals surface area contributed by atoms with E-state index in [1.54, 1.807) is 0 Å². The van der Waals surface area contributed by atoms with Gasteiger partial charge in [-0.2, -0.15) is 0 Å². The van der Waals surface area contributed by atoms with Crippen molar-refractivity contribution in [2.24, 2.45) is 0 Å². The molecule has 0 saturated heterocycles. The lowest BCUT2D eigenvalue weighted by molar-refractivity contribution is 0.0697. The number of carboxylic acids is 1. The van der Waals surface area contributed by atoms with Crippen molar-refractivity contribution in [2.75, 3.05) is 11.9 Å². The van der Waals surface area contributed by atoms with Crippen LogP contribution < -0.4 is 5.32 Å². The van der Waals surface area contributed by atoms with Gasteiger partial charge in [-0.3, -0.25) is 5.32 Å². The fourth-order valence-corrected chi connectivity index (χ4v) is 4.09. The zero-order valence-corrected chi connectivity index (χ0v) is 17.3. The zero-order chi connectivity index (χ0) is 21.5. The van der Waals surface area contributed by atoms with E-state index in [0.717, 1.165) is 27.8 Å². The first-order valence-corrected chi connectivity index (χ1v) is 9.84. The van der Waals surface area contributed by atoms with Crippen LogP contribution in [0.5, 0.6) is 0 Å². The molecule has 2 N–H and O–H groups in total. The molecule has 4 rings (SSSR count). The fourth-order valence-electron chi connectivity index (χ4n) is 3.92. The molecule has 1 aliphatic rings. The van der Waals surface area contributed by atoms with E-state index in [1.807, 2.05) is 32.0 Å². The molecule has 3 aromatic carbocycles. The number of rotatable bonds is 4. The summed E-state index contributed by atoms with van der Waals surface area (Å²) in [6, 6.07) is 18.0. The van der Waals surface area contributed by atoms with Crippen LogP contribution in [0.25, 0.3) is 11.1 Å². The standard InChI is InChI=1S/C24H20ClNO4/c1-14-3-9-18-19-10-6-16(25)12-21(19)24(2,20(18)11-14)13-30-23(29)26-17-7-4-15(5-8-17)22(27)28/h3-12H,13H2,1-2H3,(H,26,29)(H,27,28). The predicted molar refractivity (Wildman–Crippen MR) is 116 cm³/mol. The van der Waals surface area contributed by atoms with Crippen LogP contribution in [0.1, 0.15) is 34.0 Å². The Kier molecular flexibility index (Phi) is 5.00. The second-order valence-electron chi connectivity index (χ2n) is 7.65. The second kappa shape index (κ2) is 7.50. The average molecular weight is 422 g/mol. The van der Waals surface area contributed by atoms with Crippen LogP contribution in [0.15, 0.2) is 60.7 Å². The topological polar surface area (TPSA) is 75.6 Å². The molecule has 0 fully saturated rings. The molecule has 5 nitrogen and oxygen atoms in total. The quantitative estimate of drug-likeness (QED) is 0.551. The van der Waals surface area contributed by atoms with Gasteiger partial charge in [-0.05, 0) is 72.5 Å². The van der Waals surface area contributed by atoms with E-state index >= 15 is 0 Å². The smallest absolute Gasteiger partial charge is 0.411 e. The normalized spacial score (nSPS) is 16.5. The lowest BCUT2D eigenvalue weighted by atomic mass is 9.80. The van der Waals surface area contributed by atoms with E-state index in [-0.39, 0.29) is 12.2 Å². The number of anilines is 1. The number of hydrogen-bond donors (Lipinski definition) is 2. The Hall–Kier alpha value is -3.31. The van der Waals surface area contributed by atoms with Gasteiger partial charge in [-0.15, -0.1) is 0 Å². The number of aromatic carboxylic acids is 1. The number of nitrogens with one attached hydrogen (secondary N) is 1. The number of fused-ring (bicyclic) bond motifs is 3. The van der Waals surface area contributed by atoms with E-state index in [9.17, 15) is 9.59 Å². The number of halogens is 1. The third-order valence-electron chi connectivity index (χ3n) is 5.51. The molecule has 1 amide bonds. The first-order valence-electron chi connectivity index (χ1n) is 9.46. The average Bonchev–Trinajstić information content (AvgIpc) is 2.95. The summed E-state index contributed by atoms with van der Waals surface area (Å²) in [7, 11) is 0. The van der Waals surface area contributed by atoms with Crippen molar-refractivity contribution < 1.29 is 19.4 Å². The first kappa shape index (κ1) is 20.0. The van der Waals surface area contributed by atoms with Crippen LogP contribution >= 0.6 is 11.6 Å². The second-order valence-corrected chi connectivity index (χ2v) is 8.09. The third-order valence-corrected chi connectivity index (χ3v) is 5.74. The first-order chi connectivity index (χ1) is 14.3. The zero-order valence-electron chi connectivity index (χ0n) is 16.5. The molecule has 0 saturated carbocycles. The van der Waals surface area contributed by atoms with Gasteiger partial charge in [0.05, 0.1) is 11.0 Å². The number of hydrogen-bond acceptors (Lipinski definition) is 3. The van der Waals surface area contributed by atoms with Gasteiger partial charge in [-0.1, -0.05) is 41.4 Å². The van der Waals surface area contributed by atoms with Crippen LogP contribution in [-0.2, 0) is 10.2 Å². The Morgan fingerprint density at radius 1 is 1.00 bits per heavy atom. The molecule has 0 radical (unpaired) electrons. The Morgan fingerprint density at radius 2 is 1.63 bits per heavy atom. The summed E-state index contributed by atoms with van der Waals surface area (Å²) in [4.78, 5) is 23.4. The van der Waals surface area contributed by atoms with E-state index in [2.05, 4.69) is 23.5 Å². The molecular formula is C24H20ClNO4. The van der Waals surface area contributed by atoms with E-state index in [1.165, 1.54) is 24.3 Å². The molecule has 0 spiro atoms. The minimum atomic E-state index is -1.02. The Balaban J connectivity index is 1.56. The summed E-state index contributed by atoms with van der Waals surface area (Å²) >= 11 is 6.27. The van der Waals surface area contributed by atoms with Crippen LogP contribution in [0, 0.1) is 6.92 Å². The van der Waals surface area contributed by atoms with Gasteiger partial charge in [0.2, 0.25) is 0 Å². The van der Waals surface area contributed by atoms with Crippen molar-refractivity contribution in [2.45, 2.75) is 19.3 Å². The third kappa shape index (κ3) is 3.53. The predicted octanol–water partition coefficient (Wildman–Crippen LogP) is 5.88. The van der Waals surface area contributed by atoms with Gasteiger partial charge >= 0.3 is 12.1 Å². The van der Waals surface area contributed by atoms with Gasteiger partial charge in [0.1, 0.15) is 6.61 Å². The van der Waals surface area contributed by atoms with Crippen LogP contribution in [-0.4, -0.2) is 23.8 Å². The van der Waals surface area contributed by atoms with Gasteiger partial charge < -0.3 is 9.84 Å². The number of ether oxygens (including phenoxy) is 1. The molecule has 0 aliphatic heterocycles. The largest absolute Gasteiger partial charge is 0.478 e. The monoisotopic (exact) mass is 421 g/mol. The van der Waals surface area contributed by atoms with E-state index < -0.39 is 17.5 Å². The molecule has 0 aromatic heterocycles. The Morgan fingerprint density at radius 3 is 2.30 bits per heavy atom. The lowest BCUT2D eigenvalue weighted by Crippen LogP contribution is -2.30. The van der Waals surface area contributed by atoms with Crippen molar-refractivity contribution in [3.8, 4) is 11.1 Å². The molecule has 0 heterocycles. The van der Waals surface area contributed by atoms with Crippen molar-refractivity contribution in [3.63, 3.8) is 0 Å². The van der Waals surface area contributed by atoms with Gasteiger partial charge in [-0.25, -0.2) is 9.59 Å². The molecule has 30 heavy (non-hydrogen) atoms. The van der Waals surface area contributed by atoms with Crippen LogP contribution in [0.2, 0.25) is 5.02 Å². The molecule has 1 aliphatic carbocycles. The van der Waals surface area contributed by atoms with Crippen molar-refractivity contribution in [3.05, 3.63) is 87.9 Å². The summed E-state index contributed by atoms with van der Waals surface area (Å²) in [5, 5.41) is 12.2. The highest BCUT2D eigenvalue weighted by Crippen LogP contribution is 2.50. The summed E-state index contributed by atoms with van der Waals surface area (Å²) in [6.45, 7) is 4.21. The van der Waals surface area contributed by atoms with Crippen molar-refractivity contribution in [1.82, 2.24) is 0 Å². The van der Waals surface area contributed by atoms with Crippen LogP contribution in [0.4, 0.5) is 10.5 Å². The molecule has 6 heteroatoms. The highest BCUT2D eigenvalue weighted by atomic mass is 35.5. The summed E-state index contributed by atoms with van der Waals surface area (Å²) in [5.74, 6) is -1.02. The number of carbonyl (C=O) groups is 2.